The number of guanidine groups is 1. The fourth-order valence-corrected chi connectivity index (χ4v) is 2.10. The van der Waals surface area contributed by atoms with Gasteiger partial charge in [-0.2, -0.15) is 11.8 Å². The van der Waals surface area contributed by atoms with Crippen molar-refractivity contribution in [3.05, 3.63) is 0 Å². The van der Waals surface area contributed by atoms with Crippen LogP contribution in [0.15, 0.2) is 4.99 Å². The van der Waals surface area contributed by atoms with Gasteiger partial charge in [0.25, 0.3) is 0 Å². The van der Waals surface area contributed by atoms with E-state index in [2.05, 4.69) is 24.2 Å². The molecule has 0 aromatic heterocycles. The van der Waals surface area contributed by atoms with Crippen LogP contribution < -0.4 is 11.1 Å². The van der Waals surface area contributed by atoms with Crippen LogP contribution in [-0.2, 0) is 0 Å². The zero-order valence-corrected chi connectivity index (χ0v) is 8.03. The number of nitrogens with one attached hydrogen (secondary N) is 1. The number of nitrogens with two attached hydrogens (primary N) is 1. The first-order valence-electron chi connectivity index (χ1n) is 3.69. The molecule has 0 saturated carbocycles. The normalized spacial score (nSPS) is 29.4. The van der Waals surface area contributed by atoms with Crippen LogP contribution in [0.3, 0.4) is 0 Å². The second kappa shape index (κ2) is 2.93. The van der Waals surface area contributed by atoms with E-state index in [0.29, 0.717) is 16.7 Å². The minimum absolute atomic E-state index is 0.315. The van der Waals surface area contributed by atoms with E-state index in [-0.39, 0.29) is 0 Å². The Bertz CT molecular complexity index is 177. The zero-order chi connectivity index (χ0) is 8.48. The third kappa shape index (κ3) is 1.80. The van der Waals surface area contributed by atoms with Crippen molar-refractivity contribution in [3.63, 3.8) is 0 Å². The Balaban J connectivity index is 2.40. The second-order valence-corrected chi connectivity index (χ2v) is 4.89. The predicted octanol–water partition coefficient (Wildman–Crippen LogP) is 0.415. The smallest absolute Gasteiger partial charge is 0.188 e. The molecule has 1 saturated heterocycles. The first-order valence-corrected chi connectivity index (χ1v) is 4.67. The fourth-order valence-electron chi connectivity index (χ4n) is 0.959. The van der Waals surface area contributed by atoms with E-state index in [9.17, 15) is 0 Å². The summed E-state index contributed by atoms with van der Waals surface area (Å²) in [6, 6.07) is 0.483. The number of aliphatic imine (C=N–C) groups is 1. The van der Waals surface area contributed by atoms with Gasteiger partial charge in [-0.3, -0.25) is 4.99 Å². The molecule has 11 heavy (non-hydrogen) atoms. The summed E-state index contributed by atoms with van der Waals surface area (Å²) < 4.78 is 0.315. The van der Waals surface area contributed by atoms with Gasteiger partial charge >= 0.3 is 0 Å². The lowest BCUT2D eigenvalue weighted by Gasteiger charge is -2.44. The maximum atomic E-state index is 5.53. The Morgan fingerprint density at radius 1 is 1.73 bits per heavy atom. The molecule has 1 atom stereocenters. The van der Waals surface area contributed by atoms with E-state index >= 15 is 0 Å². The molecule has 3 nitrogen and oxygen atoms in total. The molecule has 1 aliphatic rings. The van der Waals surface area contributed by atoms with Crippen LogP contribution in [-0.4, -0.2) is 29.5 Å². The molecule has 0 bridgehead atoms. The minimum atomic E-state index is 0.315. The highest BCUT2D eigenvalue weighted by atomic mass is 32.2. The summed E-state index contributed by atoms with van der Waals surface area (Å²) in [5.41, 5.74) is 5.53. The van der Waals surface area contributed by atoms with E-state index in [4.69, 9.17) is 5.73 Å². The van der Waals surface area contributed by atoms with E-state index < -0.39 is 0 Å². The van der Waals surface area contributed by atoms with Gasteiger partial charge in [-0.25, -0.2) is 0 Å². The first-order chi connectivity index (χ1) is 5.06. The van der Waals surface area contributed by atoms with E-state index in [1.165, 1.54) is 0 Å². The zero-order valence-electron chi connectivity index (χ0n) is 7.22. The average molecular weight is 173 g/mol. The van der Waals surface area contributed by atoms with Gasteiger partial charge in [0.05, 0.1) is 6.04 Å². The Kier molecular flexibility index (Phi) is 2.32. The Labute approximate surface area is 71.8 Å². The number of nitrogens with zero attached hydrogens (tertiary/aromatic N) is 1. The largest absolute Gasteiger partial charge is 0.370 e. The SMILES string of the molecule is CN=C(N)NC1CSC1(C)C. The van der Waals surface area contributed by atoms with Crippen LogP contribution in [0.25, 0.3) is 0 Å². The quantitative estimate of drug-likeness (QED) is 0.446. The van der Waals surface area contributed by atoms with Crippen molar-refractivity contribution in [3.8, 4) is 0 Å². The molecule has 1 rings (SSSR count). The van der Waals surface area contributed by atoms with Crippen LogP contribution in [0, 0.1) is 0 Å². The number of hydrogen-bond acceptors (Lipinski definition) is 2. The molecule has 1 aliphatic heterocycles. The second-order valence-electron chi connectivity index (χ2n) is 3.22. The van der Waals surface area contributed by atoms with E-state index in [1.807, 2.05) is 11.8 Å². The van der Waals surface area contributed by atoms with Crippen LogP contribution >= 0.6 is 11.8 Å². The van der Waals surface area contributed by atoms with Gasteiger partial charge in [-0.05, 0) is 13.8 Å². The topological polar surface area (TPSA) is 50.4 Å². The molecule has 0 aliphatic carbocycles. The van der Waals surface area contributed by atoms with Crippen LogP contribution in [0.4, 0.5) is 0 Å². The van der Waals surface area contributed by atoms with Crippen molar-refractivity contribution in [2.45, 2.75) is 24.6 Å². The molecular weight excluding hydrogens is 158 g/mol. The minimum Gasteiger partial charge on any atom is -0.370 e. The molecule has 64 valence electrons. The van der Waals surface area contributed by atoms with Gasteiger partial charge in [0, 0.05) is 17.5 Å². The summed E-state index contributed by atoms with van der Waals surface area (Å²) in [7, 11) is 1.70. The third-order valence-electron chi connectivity index (χ3n) is 2.02. The summed E-state index contributed by atoms with van der Waals surface area (Å²) in [6.45, 7) is 4.42. The summed E-state index contributed by atoms with van der Waals surface area (Å²) in [4.78, 5) is 3.85. The molecule has 0 amide bonds. The molecule has 0 radical (unpaired) electrons. The molecule has 1 heterocycles. The summed E-state index contributed by atoms with van der Waals surface area (Å²) >= 11 is 1.95. The lowest BCUT2D eigenvalue weighted by molar-refractivity contribution is 0.498. The third-order valence-corrected chi connectivity index (χ3v) is 3.55. The van der Waals surface area contributed by atoms with Crippen LogP contribution in [0.2, 0.25) is 0 Å². The Morgan fingerprint density at radius 3 is 2.64 bits per heavy atom. The van der Waals surface area contributed by atoms with Gasteiger partial charge in [0.15, 0.2) is 5.96 Å². The highest BCUT2D eigenvalue weighted by molar-refractivity contribution is 8.02. The number of hydrogen-bond donors (Lipinski definition) is 2. The molecule has 0 aromatic rings. The van der Waals surface area contributed by atoms with Gasteiger partial charge in [0.2, 0.25) is 0 Å². The lowest BCUT2D eigenvalue weighted by atomic mass is 10.0. The van der Waals surface area contributed by atoms with Crippen molar-refractivity contribution >= 4 is 17.7 Å². The predicted molar refractivity (Wildman–Crippen MR) is 51.0 cm³/mol. The van der Waals surface area contributed by atoms with Gasteiger partial charge < -0.3 is 11.1 Å². The monoisotopic (exact) mass is 173 g/mol. The molecule has 0 spiro atoms. The average Bonchev–Trinajstić information content (AvgIpc) is 1.98. The molecule has 1 unspecified atom stereocenters. The van der Waals surface area contributed by atoms with Crippen LogP contribution in [0.1, 0.15) is 13.8 Å². The van der Waals surface area contributed by atoms with Gasteiger partial charge in [0.1, 0.15) is 0 Å². The van der Waals surface area contributed by atoms with Crippen molar-refractivity contribution in [1.82, 2.24) is 5.32 Å². The van der Waals surface area contributed by atoms with Gasteiger partial charge in [-0.15, -0.1) is 0 Å². The number of thioether (sulfide) groups is 1. The highest BCUT2D eigenvalue weighted by Crippen LogP contribution is 2.39. The molecular formula is C7H15N3S. The molecule has 1 fully saturated rings. The van der Waals surface area contributed by atoms with E-state index in [0.717, 1.165) is 5.75 Å². The molecule has 4 heteroatoms. The molecule has 3 N–H and O–H groups in total. The standard InChI is InChI=1S/C7H15N3S/c1-7(2)5(4-11-7)10-6(8)9-3/h5H,4H2,1-3H3,(H3,8,9,10). The van der Waals surface area contributed by atoms with Crippen molar-refractivity contribution in [1.29, 1.82) is 0 Å². The maximum absolute atomic E-state index is 5.53. The molecule has 0 aromatic carbocycles. The highest BCUT2D eigenvalue weighted by Gasteiger charge is 2.39. The van der Waals surface area contributed by atoms with Crippen LogP contribution in [0.5, 0.6) is 0 Å². The summed E-state index contributed by atoms with van der Waals surface area (Å²) in [6.07, 6.45) is 0. The first kappa shape index (κ1) is 8.71. The Hall–Kier alpha value is -0.380. The Morgan fingerprint density at radius 2 is 2.36 bits per heavy atom. The van der Waals surface area contributed by atoms with E-state index in [1.54, 1.807) is 7.05 Å². The fraction of sp³-hybridized carbons (Fsp3) is 0.857. The summed E-state index contributed by atoms with van der Waals surface area (Å²) in [5.74, 6) is 1.67. The van der Waals surface area contributed by atoms with Crippen molar-refractivity contribution in [2.75, 3.05) is 12.8 Å². The van der Waals surface area contributed by atoms with Crippen molar-refractivity contribution < 1.29 is 0 Å². The van der Waals surface area contributed by atoms with Crippen molar-refractivity contribution in [2.24, 2.45) is 10.7 Å². The number of rotatable bonds is 1. The summed E-state index contributed by atoms with van der Waals surface area (Å²) in [5, 5.41) is 3.16. The van der Waals surface area contributed by atoms with Gasteiger partial charge in [-0.1, -0.05) is 0 Å². The lowest BCUT2D eigenvalue weighted by Crippen LogP contribution is -2.58. The maximum Gasteiger partial charge on any atom is 0.188 e.